The van der Waals surface area contributed by atoms with E-state index in [9.17, 15) is 0 Å². The minimum absolute atomic E-state index is 0.335. The van der Waals surface area contributed by atoms with E-state index in [1.54, 1.807) is 0 Å². The minimum atomic E-state index is -0.335. The molecular formula is C49H57NO. The van der Waals surface area contributed by atoms with E-state index in [2.05, 4.69) is 161 Å². The molecule has 0 saturated carbocycles. The van der Waals surface area contributed by atoms with Crippen molar-refractivity contribution in [3.05, 3.63) is 138 Å². The highest BCUT2D eigenvalue weighted by Gasteiger charge is 2.24. The van der Waals surface area contributed by atoms with Crippen LogP contribution in [0.15, 0.2) is 121 Å². The zero-order chi connectivity index (χ0) is 35.6. The summed E-state index contributed by atoms with van der Waals surface area (Å²) in [5.74, 6) is 0. The maximum Gasteiger partial charge on any atom is 0.0875 e. The maximum absolute atomic E-state index is 6.09. The van der Waals surface area contributed by atoms with Crippen molar-refractivity contribution >= 4 is 38.6 Å². The van der Waals surface area contributed by atoms with Gasteiger partial charge in [-0.15, -0.1) is 0 Å². The van der Waals surface area contributed by atoms with E-state index in [1.165, 1.54) is 118 Å². The Bertz CT molecular complexity index is 1870. The van der Waals surface area contributed by atoms with Crippen LogP contribution < -0.4 is 4.90 Å². The van der Waals surface area contributed by atoms with Gasteiger partial charge in [0.15, 0.2) is 0 Å². The van der Waals surface area contributed by atoms with Gasteiger partial charge in [0.2, 0.25) is 0 Å². The van der Waals surface area contributed by atoms with Gasteiger partial charge in [0.1, 0.15) is 0 Å². The number of ether oxygens (including phenoxy) is 1. The van der Waals surface area contributed by atoms with Crippen LogP contribution >= 0.6 is 0 Å². The van der Waals surface area contributed by atoms with Gasteiger partial charge in [0.25, 0.3) is 0 Å². The number of nitrogens with zero attached hydrogens (tertiary/aromatic N) is 1. The van der Waals surface area contributed by atoms with Crippen LogP contribution in [0.3, 0.4) is 0 Å². The van der Waals surface area contributed by atoms with Gasteiger partial charge in [0, 0.05) is 28.8 Å². The molecule has 51 heavy (non-hydrogen) atoms. The Kier molecular flexibility index (Phi) is 12.3. The molecule has 2 nitrogen and oxygen atoms in total. The lowest BCUT2D eigenvalue weighted by Crippen LogP contribution is -2.21. The average molecular weight is 676 g/mol. The van der Waals surface area contributed by atoms with Crippen LogP contribution in [0.1, 0.15) is 103 Å². The highest BCUT2D eigenvalue weighted by atomic mass is 16.5. The molecule has 264 valence electrons. The minimum Gasteiger partial charge on any atom is -0.371 e. The van der Waals surface area contributed by atoms with E-state index in [4.69, 9.17) is 4.74 Å². The van der Waals surface area contributed by atoms with Gasteiger partial charge in [-0.3, -0.25) is 0 Å². The third-order valence-electron chi connectivity index (χ3n) is 10.5. The molecule has 6 rings (SSSR count). The number of benzene rings is 6. The van der Waals surface area contributed by atoms with E-state index in [0.717, 1.165) is 12.8 Å². The first-order valence-electron chi connectivity index (χ1n) is 19.6. The Hall–Kier alpha value is -4.40. The fourth-order valence-electron chi connectivity index (χ4n) is 7.68. The molecule has 0 fully saturated rings. The monoisotopic (exact) mass is 675 g/mol. The van der Waals surface area contributed by atoms with Crippen molar-refractivity contribution in [1.82, 2.24) is 0 Å². The van der Waals surface area contributed by atoms with Crippen molar-refractivity contribution in [3.8, 4) is 11.1 Å². The van der Waals surface area contributed by atoms with E-state index >= 15 is 0 Å². The summed E-state index contributed by atoms with van der Waals surface area (Å²) in [4.78, 5) is 2.50. The second kappa shape index (κ2) is 17.2. The van der Waals surface area contributed by atoms with Crippen LogP contribution in [0, 0.1) is 0 Å². The van der Waals surface area contributed by atoms with E-state index in [-0.39, 0.29) is 5.60 Å². The molecule has 0 bridgehead atoms. The lowest BCUT2D eigenvalue weighted by atomic mass is 9.88. The largest absolute Gasteiger partial charge is 0.371 e. The molecule has 0 aliphatic carbocycles. The molecule has 0 aliphatic rings. The summed E-state index contributed by atoms with van der Waals surface area (Å²) in [7, 11) is 0. The van der Waals surface area contributed by atoms with Gasteiger partial charge >= 0.3 is 0 Å². The smallest absolute Gasteiger partial charge is 0.0875 e. The number of rotatable bonds is 17. The number of fused-ring (bicyclic) bond motifs is 2. The van der Waals surface area contributed by atoms with Crippen LogP contribution in [0.2, 0.25) is 0 Å². The zero-order valence-electron chi connectivity index (χ0n) is 31.7. The van der Waals surface area contributed by atoms with Crippen molar-refractivity contribution in [3.63, 3.8) is 0 Å². The molecule has 0 amide bonds. The van der Waals surface area contributed by atoms with Crippen molar-refractivity contribution in [2.24, 2.45) is 0 Å². The number of aryl methyl sites for hydroxylation is 2. The summed E-state index contributed by atoms with van der Waals surface area (Å²) < 4.78 is 6.09. The lowest BCUT2D eigenvalue weighted by molar-refractivity contribution is -0.0140. The third kappa shape index (κ3) is 8.40. The Morgan fingerprint density at radius 2 is 0.941 bits per heavy atom. The molecule has 0 aromatic heterocycles. The highest BCUT2D eigenvalue weighted by Crippen LogP contribution is 2.48. The first-order chi connectivity index (χ1) is 24.9. The summed E-state index contributed by atoms with van der Waals surface area (Å²) in [5, 5.41) is 5.01. The maximum atomic E-state index is 6.09. The van der Waals surface area contributed by atoms with E-state index in [1.807, 2.05) is 0 Å². The topological polar surface area (TPSA) is 12.5 Å². The molecule has 6 aromatic rings. The van der Waals surface area contributed by atoms with Crippen molar-refractivity contribution in [1.29, 1.82) is 0 Å². The summed E-state index contributed by atoms with van der Waals surface area (Å²) in [5.41, 5.74) is 9.78. The van der Waals surface area contributed by atoms with Crippen LogP contribution in [0.5, 0.6) is 0 Å². The Morgan fingerprint density at radius 3 is 1.37 bits per heavy atom. The second-order valence-corrected chi connectivity index (χ2v) is 14.6. The molecular weight excluding hydrogens is 619 g/mol. The Labute approximate surface area is 307 Å². The molecule has 0 saturated heterocycles. The predicted octanol–water partition coefficient (Wildman–Crippen LogP) is 14.6. The first-order valence-corrected chi connectivity index (χ1v) is 19.6. The number of unbranched alkanes of at least 4 members (excludes halogenated alkanes) is 6. The van der Waals surface area contributed by atoms with Gasteiger partial charge in [-0.1, -0.05) is 149 Å². The van der Waals surface area contributed by atoms with Crippen LogP contribution in [0.25, 0.3) is 32.7 Å². The molecule has 0 aliphatic heterocycles. The SMILES string of the molecule is CCCCCCc1ccc(N(c2ccc(CCCCCC)cc2)c2c3ccccc3c(-c3ccc(C(C)(C)OCC)cc3)c3ccccc23)cc1. The highest BCUT2D eigenvalue weighted by molar-refractivity contribution is 6.22. The fraction of sp³-hybridized carbons (Fsp3) is 0.347. The van der Waals surface area contributed by atoms with Gasteiger partial charge < -0.3 is 9.64 Å². The molecule has 0 unspecified atom stereocenters. The fourth-order valence-corrected chi connectivity index (χ4v) is 7.68. The standard InChI is InChI=1S/C49H57NO/c1-6-9-11-13-19-37-25-33-41(34-26-37)50(42-35-27-38(28-36-42)20-14-12-10-7-2)48-45-23-17-15-21-43(45)47(44-22-16-18-24-46(44)48)39-29-31-40(32-30-39)49(4,5)51-8-3/h15-18,21-36H,6-14,19-20H2,1-5H3. The summed E-state index contributed by atoms with van der Waals surface area (Å²) in [6.07, 6.45) is 12.5. The average Bonchev–Trinajstić information content (AvgIpc) is 3.16. The van der Waals surface area contributed by atoms with Crippen molar-refractivity contribution < 1.29 is 4.74 Å². The number of hydrogen-bond acceptors (Lipinski definition) is 2. The Morgan fingerprint density at radius 1 is 0.490 bits per heavy atom. The van der Waals surface area contributed by atoms with Crippen molar-refractivity contribution in [2.45, 2.75) is 104 Å². The molecule has 0 radical (unpaired) electrons. The summed E-state index contributed by atoms with van der Waals surface area (Å²) in [6.45, 7) is 11.6. The van der Waals surface area contributed by atoms with Crippen LogP contribution in [-0.2, 0) is 23.2 Å². The third-order valence-corrected chi connectivity index (χ3v) is 10.5. The van der Waals surface area contributed by atoms with E-state index in [0.29, 0.717) is 6.61 Å². The Balaban J connectivity index is 1.50. The molecule has 0 atom stereocenters. The predicted molar refractivity (Wildman–Crippen MR) is 222 cm³/mol. The first kappa shape index (κ1) is 36.4. The van der Waals surface area contributed by atoms with Gasteiger partial charge in [0.05, 0.1) is 11.3 Å². The lowest BCUT2D eigenvalue weighted by Gasteiger charge is -2.30. The van der Waals surface area contributed by atoms with Crippen LogP contribution in [-0.4, -0.2) is 6.61 Å². The zero-order valence-corrected chi connectivity index (χ0v) is 31.7. The molecule has 0 N–H and O–H groups in total. The van der Waals surface area contributed by atoms with Gasteiger partial charge in [-0.05, 0) is 109 Å². The molecule has 0 spiro atoms. The van der Waals surface area contributed by atoms with Crippen molar-refractivity contribution in [2.75, 3.05) is 11.5 Å². The summed E-state index contributed by atoms with van der Waals surface area (Å²) in [6, 6.07) is 45.7. The van der Waals surface area contributed by atoms with Gasteiger partial charge in [-0.25, -0.2) is 0 Å². The van der Waals surface area contributed by atoms with Gasteiger partial charge in [-0.2, -0.15) is 0 Å². The molecule has 6 aromatic carbocycles. The normalized spacial score (nSPS) is 11.8. The van der Waals surface area contributed by atoms with Crippen LogP contribution in [0.4, 0.5) is 17.1 Å². The molecule has 0 heterocycles. The molecule has 2 heteroatoms. The summed E-state index contributed by atoms with van der Waals surface area (Å²) >= 11 is 0. The quantitative estimate of drug-likeness (QED) is 0.0705. The van der Waals surface area contributed by atoms with E-state index < -0.39 is 0 Å². The number of anilines is 3. The second-order valence-electron chi connectivity index (χ2n) is 14.6. The number of hydrogen-bond donors (Lipinski definition) is 0.